The first-order chi connectivity index (χ1) is 6.24. The Morgan fingerprint density at radius 3 is 3.00 bits per heavy atom. The molecule has 1 nitrogen and oxygen atoms in total. The number of rotatable bonds is 1. The fraction of sp³-hybridized carbons (Fsp3) is 0. The topological polar surface area (TPSA) is 17.1 Å². The zero-order chi connectivity index (χ0) is 9.42. The van der Waals surface area contributed by atoms with Crippen LogP contribution in [0.1, 0.15) is 10.4 Å². The first-order valence-electron chi connectivity index (χ1n) is 3.58. The number of benzene rings is 1. The lowest BCUT2D eigenvalue weighted by atomic mass is 10.1. The van der Waals surface area contributed by atoms with E-state index >= 15 is 0 Å². The summed E-state index contributed by atoms with van der Waals surface area (Å²) in [6, 6.07) is 3.37. The average Bonchev–Trinajstić information content (AvgIpc) is 2.54. The highest BCUT2D eigenvalue weighted by atomic mass is 32.1. The summed E-state index contributed by atoms with van der Waals surface area (Å²) in [6.07, 6.45) is 0.532. The lowest BCUT2D eigenvalue weighted by molar-refractivity contribution is 0.112. The van der Waals surface area contributed by atoms with Crippen LogP contribution in [0.2, 0.25) is 0 Å². The maximum Gasteiger partial charge on any atom is 0.153 e. The minimum absolute atomic E-state index is 0.101. The normalized spacial score (nSPS) is 10.6. The van der Waals surface area contributed by atoms with Gasteiger partial charge in [0.2, 0.25) is 0 Å². The van der Waals surface area contributed by atoms with Gasteiger partial charge in [0, 0.05) is 15.0 Å². The van der Waals surface area contributed by atoms with Crippen LogP contribution in [0.15, 0.2) is 22.4 Å². The molecular formula is C9H5FOS2. The Morgan fingerprint density at radius 2 is 2.31 bits per heavy atom. The predicted octanol–water partition coefficient (Wildman–Crippen LogP) is 3.14. The second kappa shape index (κ2) is 3.12. The number of halogens is 1. The highest BCUT2D eigenvalue weighted by Crippen LogP contribution is 2.29. The fourth-order valence-corrected chi connectivity index (χ4v) is 2.39. The van der Waals surface area contributed by atoms with Crippen molar-refractivity contribution >= 4 is 40.3 Å². The van der Waals surface area contributed by atoms with Crippen molar-refractivity contribution < 1.29 is 9.18 Å². The van der Waals surface area contributed by atoms with Crippen LogP contribution in [0.25, 0.3) is 10.1 Å². The summed E-state index contributed by atoms with van der Waals surface area (Å²) in [5.74, 6) is -0.538. The number of aldehydes is 1. The van der Waals surface area contributed by atoms with Crippen molar-refractivity contribution in [3.8, 4) is 0 Å². The molecule has 1 aromatic heterocycles. The van der Waals surface area contributed by atoms with Gasteiger partial charge in [-0.3, -0.25) is 4.79 Å². The summed E-state index contributed by atoms with van der Waals surface area (Å²) in [6.45, 7) is 0. The number of hydrogen-bond acceptors (Lipinski definition) is 3. The minimum atomic E-state index is -0.538. The summed E-state index contributed by atoms with van der Waals surface area (Å²) >= 11 is 5.41. The van der Waals surface area contributed by atoms with Crippen LogP contribution >= 0.6 is 24.0 Å². The molecule has 0 atom stereocenters. The standard InChI is InChI=1S/C9H5FOS2/c10-9-6(4-11)5-1-2-13-8(5)3-7(9)12/h1-4,12H. The third-order valence-electron chi connectivity index (χ3n) is 1.83. The van der Waals surface area contributed by atoms with Crippen molar-refractivity contribution in [2.24, 2.45) is 0 Å². The van der Waals surface area contributed by atoms with Crippen molar-refractivity contribution in [3.63, 3.8) is 0 Å². The van der Waals surface area contributed by atoms with Gasteiger partial charge in [0.25, 0.3) is 0 Å². The van der Waals surface area contributed by atoms with Gasteiger partial charge in [-0.1, -0.05) is 0 Å². The molecule has 0 amide bonds. The zero-order valence-corrected chi connectivity index (χ0v) is 8.16. The number of fused-ring (bicyclic) bond motifs is 1. The smallest absolute Gasteiger partial charge is 0.153 e. The Morgan fingerprint density at radius 1 is 1.54 bits per heavy atom. The SMILES string of the molecule is O=Cc1c(F)c(S)cc2sccc12. The van der Waals surface area contributed by atoms with Gasteiger partial charge < -0.3 is 0 Å². The molecule has 13 heavy (non-hydrogen) atoms. The molecular weight excluding hydrogens is 207 g/mol. The molecule has 0 N–H and O–H groups in total. The fourth-order valence-electron chi connectivity index (χ4n) is 1.21. The molecule has 4 heteroatoms. The molecule has 0 aliphatic rings. The molecule has 0 bridgehead atoms. The lowest BCUT2D eigenvalue weighted by Gasteiger charge is -1.99. The van der Waals surface area contributed by atoms with Crippen molar-refractivity contribution in [3.05, 3.63) is 28.9 Å². The molecule has 0 aliphatic heterocycles. The summed E-state index contributed by atoms with van der Waals surface area (Å²) in [7, 11) is 0. The average molecular weight is 212 g/mol. The largest absolute Gasteiger partial charge is 0.298 e. The summed E-state index contributed by atoms with van der Waals surface area (Å²) in [5.41, 5.74) is 0.101. The Labute approximate surface area is 83.6 Å². The minimum Gasteiger partial charge on any atom is -0.298 e. The van der Waals surface area contributed by atoms with Crippen LogP contribution in [0, 0.1) is 5.82 Å². The second-order valence-electron chi connectivity index (χ2n) is 2.57. The first kappa shape index (κ1) is 8.72. The van der Waals surface area contributed by atoms with E-state index in [4.69, 9.17) is 0 Å². The summed E-state index contributed by atoms with van der Waals surface area (Å²) in [5, 5.41) is 2.49. The predicted molar refractivity (Wildman–Crippen MR) is 54.4 cm³/mol. The van der Waals surface area contributed by atoms with Gasteiger partial charge >= 0.3 is 0 Å². The number of thiol groups is 1. The Bertz CT molecular complexity index is 476. The summed E-state index contributed by atoms with van der Waals surface area (Å²) < 4.78 is 14.2. The van der Waals surface area contributed by atoms with E-state index in [1.807, 2.05) is 5.38 Å². The van der Waals surface area contributed by atoms with Crippen molar-refractivity contribution in [1.29, 1.82) is 0 Å². The highest BCUT2D eigenvalue weighted by molar-refractivity contribution is 7.80. The molecule has 0 saturated heterocycles. The van der Waals surface area contributed by atoms with Gasteiger partial charge in [-0.25, -0.2) is 4.39 Å². The number of carbonyl (C=O) groups is 1. The lowest BCUT2D eigenvalue weighted by Crippen LogP contribution is -1.89. The molecule has 0 unspecified atom stereocenters. The van der Waals surface area contributed by atoms with Crippen LogP contribution in [0.4, 0.5) is 4.39 Å². The molecule has 1 aromatic carbocycles. The molecule has 0 fully saturated rings. The zero-order valence-electron chi connectivity index (χ0n) is 6.45. The van der Waals surface area contributed by atoms with E-state index in [-0.39, 0.29) is 10.5 Å². The van der Waals surface area contributed by atoms with Crippen molar-refractivity contribution in [2.75, 3.05) is 0 Å². The van der Waals surface area contributed by atoms with E-state index in [2.05, 4.69) is 12.6 Å². The van der Waals surface area contributed by atoms with Gasteiger partial charge in [-0.15, -0.1) is 24.0 Å². The van der Waals surface area contributed by atoms with E-state index in [9.17, 15) is 9.18 Å². The van der Waals surface area contributed by atoms with Gasteiger partial charge in [-0.05, 0) is 17.5 Å². The van der Waals surface area contributed by atoms with E-state index < -0.39 is 5.82 Å². The van der Waals surface area contributed by atoms with E-state index in [1.54, 1.807) is 12.1 Å². The molecule has 0 saturated carbocycles. The van der Waals surface area contributed by atoms with Crippen LogP contribution < -0.4 is 0 Å². The monoisotopic (exact) mass is 212 g/mol. The molecule has 0 radical (unpaired) electrons. The van der Waals surface area contributed by atoms with E-state index in [0.717, 1.165) is 4.70 Å². The van der Waals surface area contributed by atoms with E-state index in [1.165, 1.54) is 11.3 Å². The maximum absolute atomic E-state index is 13.3. The number of carbonyl (C=O) groups excluding carboxylic acids is 1. The van der Waals surface area contributed by atoms with Gasteiger partial charge in [0.15, 0.2) is 6.29 Å². The van der Waals surface area contributed by atoms with Gasteiger partial charge in [0.05, 0.1) is 5.56 Å². The third-order valence-corrected chi connectivity index (χ3v) is 3.02. The van der Waals surface area contributed by atoms with E-state index in [0.29, 0.717) is 11.7 Å². The highest BCUT2D eigenvalue weighted by Gasteiger charge is 2.10. The first-order valence-corrected chi connectivity index (χ1v) is 4.90. The van der Waals surface area contributed by atoms with Crippen LogP contribution in [-0.4, -0.2) is 6.29 Å². The Kier molecular flexibility index (Phi) is 2.09. The van der Waals surface area contributed by atoms with Crippen molar-refractivity contribution in [2.45, 2.75) is 4.90 Å². The Hall–Kier alpha value is -0.870. The molecule has 0 aliphatic carbocycles. The summed E-state index contributed by atoms with van der Waals surface area (Å²) in [4.78, 5) is 10.8. The Balaban J connectivity index is 2.95. The van der Waals surface area contributed by atoms with Crippen LogP contribution in [-0.2, 0) is 0 Å². The third kappa shape index (κ3) is 1.26. The molecule has 2 rings (SSSR count). The molecule has 66 valence electrons. The molecule has 1 heterocycles. The van der Waals surface area contributed by atoms with Crippen LogP contribution in [0.5, 0.6) is 0 Å². The molecule has 2 aromatic rings. The van der Waals surface area contributed by atoms with Crippen molar-refractivity contribution in [1.82, 2.24) is 0 Å². The quantitative estimate of drug-likeness (QED) is 0.567. The van der Waals surface area contributed by atoms with Gasteiger partial charge in [0.1, 0.15) is 5.82 Å². The van der Waals surface area contributed by atoms with Crippen LogP contribution in [0.3, 0.4) is 0 Å². The second-order valence-corrected chi connectivity index (χ2v) is 4.00. The number of hydrogen-bond donors (Lipinski definition) is 1. The maximum atomic E-state index is 13.3. The molecule has 0 spiro atoms. The van der Waals surface area contributed by atoms with Gasteiger partial charge in [-0.2, -0.15) is 0 Å². The number of thiophene rings is 1.